The lowest BCUT2D eigenvalue weighted by Crippen LogP contribution is -2.31. The van der Waals surface area contributed by atoms with E-state index in [2.05, 4.69) is 15.7 Å². The molecular weight excluding hydrogens is 325 g/mol. The van der Waals surface area contributed by atoms with Crippen LogP contribution in [0.2, 0.25) is 0 Å². The molecule has 8 heteroatoms. The van der Waals surface area contributed by atoms with Crippen LogP contribution >= 0.6 is 12.2 Å². The molecule has 1 heterocycles. The number of benzene rings is 1. The molecule has 2 N–H and O–H groups in total. The molecule has 4 nitrogen and oxygen atoms in total. The smallest absolute Gasteiger partial charge is 0.356 e. The maximum atomic E-state index is 12.7. The number of alkyl halides is 3. The lowest BCUT2D eigenvalue weighted by atomic mass is 10.1. The fourth-order valence-electron chi connectivity index (χ4n) is 2.16. The average Bonchev–Trinajstić information content (AvgIpc) is 2.78. The predicted octanol–water partition coefficient (Wildman–Crippen LogP) is 3.79. The SMILES string of the molecule is Cc1c(C(C)NC(=S)Nc2cccc(C(F)(F)F)c2)cnn1C. The topological polar surface area (TPSA) is 41.9 Å². The van der Waals surface area contributed by atoms with E-state index in [4.69, 9.17) is 12.2 Å². The van der Waals surface area contributed by atoms with Crippen molar-refractivity contribution in [1.82, 2.24) is 15.1 Å². The van der Waals surface area contributed by atoms with E-state index >= 15 is 0 Å². The molecule has 1 unspecified atom stereocenters. The van der Waals surface area contributed by atoms with Crippen LogP contribution in [0.25, 0.3) is 0 Å². The molecule has 1 aromatic carbocycles. The van der Waals surface area contributed by atoms with E-state index in [0.29, 0.717) is 0 Å². The predicted molar refractivity (Wildman–Crippen MR) is 87.2 cm³/mol. The molecule has 124 valence electrons. The van der Waals surface area contributed by atoms with E-state index in [1.54, 1.807) is 10.9 Å². The molecule has 1 atom stereocenters. The number of nitrogens with one attached hydrogen (secondary N) is 2. The van der Waals surface area contributed by atoms with E-state index in [1.165, 1.54) is 12.1 Å². The van der Waals surface area contributed by atoms with Gasteiger partial charge >= 0.3 is 6.18 Å². The first-order valence-electron chi connectivity index (χ1n) is 6.91. The number of thiocarbonyl (C=S) groups is 1. The van der Waals surface area contributed by atoms with Crippen LogP contribution in [0, 0.1) is 6.92 Å². The van der Waals surface area contributed by atoms with E-state index in [-0.39, 0.29) is 16.8 Å². The summed E-state index contributed by atoms with van der Waals surface area (Å²) in [6.07, 6.45) is -2.65. The first kappa shape index (κ1) is 17.3. The van der Waals surface area contributed by atoms with Crippen LogP contribution in [0.1, 0.15) is 29.8 Å². The van der Waals surface area contributed by atoms with Crippen molar-refractivity contribution >= 4 is 23.0 Å². The molecule has 0 fully saturated rings. The number of rotatable bonds is 3. The van der Waals surface area contributed by atoms with E-state index in [1.807, 2.05) is 20.9 Å². The number of hydrogen-bond acceptors (Lipinski definition) is 2. The Bertz CT molecular complexity index is 709. The van der Waals surface area contributed by atoms with E-state index in [0.717, 1.165) is 23.4 Å². The van der Waals surface area contributed by atoms with Crippen molar-refractivity contribution in [3.8, 4) is 0 Å². The van der Waals surface area contributed by atoms with Gasteiger partial charge in [0.25, 0.3) is 0 Å². The Balaban J connectivity index is 2.04. The Morgan fingerprint density at radius 3 is 2.61 bits per heavy atom. The minimum Gasteiger partial charge on any atom is -0.356 e. The number of nitrogens with zero attached hydrogens (tertiary/aromatic N) is 2. The van der Waals surface area contributed by atoms with Gasteiger partial charge in [0.05, 0.1) is 17.8 Å². The van der Waals surface area contributed by atoms with Crippen molar-refractivity contribution in [2.45, 2.75) is 26.1 Å². The van der Waals surface area contributed by atoms with Gasteiger partial charge in [-0.25, -0.2) is 0 Å². The molecule has 2 rings (SSSR count). The van der Waals surface area contributed by atoms with Crippen LogP contribution < -0.4 is 10.6 Å². The second kappa shape index (κ2) is 6.57. The van der Waals surface area contributed by atoms with Gasteiger partial charge in [-0.1, -0.05) is 6.07 Å². The number of anilines is 1. The standard InChI is InChI=1S/C15H17F3N4S/c1-9(13-8-19-22(3)10(13)2)20-14(23)21-12-6-4-5-11(7-12)15(16,17)18/h4-9H,1-3H3,(H2,20,21,23). The summed E-state index contributed by atoms with van der Waals surface area (Å²) in [5.41, 5.74) is 1.53. The third-order valence-corrected chi connectivity index (χ3v) is 3.75. The fraction of sp³-hybridized carbons (Fsp3) is 0.333. The fourth-order valence-corrected chi connectivity index (χ4v) is 2.45. The van der Waals surface area contributed by atoms with Gasteiger partial charge in [0.15, 0.2) is 5.11 Å². The molecule has 0 aliphatic carbocycles. The van der Waals surface area contributed by atoms with Gasteiger partial charge in [0, 0.05) is 24.0 Å². The van der Waals surface area contributed by atoms with Crippen molar-refractivity contribution in [3.05, 3.63) is 47.3 Å². The number of aryl methyl sites for hydroxylation is 1. The number of aromatic nitrogens is 2. The zero-order valence-corrected chi connectivity index (χ0v) is 13.7. The molecule has 0 saturated carbocycles. The van der Waals surface area contributed by atoms with Gasteiger partial charge < -0.3 is 10.6 Å². The first-order chi connectivity index (χ1) is 10.7. The van der Waals surface area contributed by atoms with Gasteiger partial charge in [-0.2, -0.15) is 18.3 Å². The monoisotopic (exact) mass is 342 g/mol. The molecule has 2 aromatic rings. The molecule has 0 aliphatic rings. The third-order valence-electron chi connectivity index (χ3n) is 3.54. The van der Waals surface area contributed by atoms with Crippen LogP contribution in [-0.2, 0) is 13.2 Å². The van der Waals surface area contributed by atoms with Crippen LogP contribution in [-0.4, -0.2) is 14.9 Å². The second-order valence-corrected chi connectivity index (χ2v) is 5.62. The molecule has 0 bridgehead atoms. The van der Waals surface area contributed by atoms with Crippen LogP contribution in [0.4, 0.5) is 18.9 Å². The van der Waals surface area contributed by atoms with Crippen LogP contribution in [0.15, 0.2) is 30.5 Å². The van der Waals surface area contributed by atoms with Crippen LogP contribution in [0.5, 0.6) is 0 Å². The lowest BCUT2D eigenvalue weighted by Gasteiger charge is -2.17. The summed E-state index contributed by atoms with van der Waals surface area (Å²) in [5.74, 6) is 0. The third kappa shape index (κ3) is 4.22. The maximum absolute atomic E-state index is 12.7. The molecule has 0 spiro atoms. The van der Waals surface area contributed by atoms with Crippen LogP contribution in [0.3, 0.4) is 0 Å². The Morgan fingerprint density at radius 2 is 2.04 bits per heavy atom. The molecule has 0 amide bonds. The summed E-state index contributed by atoms with van der Waals surface area (Å²) in [4.78, 5) is 0. The van der Waals surface area contributed by atoms with Gasteiger partial charge in [0.1, 0.15) is 0 Å². The summed E-state index contributed by atoms with van der Waals surface area (Å²) in [7, 11) is 1.84. The Kier molecular flexibility index (Phi) is 4.93. The second-order valence-electron chi connectivity index (χ2n) is 5.21. The van der Waals surface area contributed by atoms with Crippen molar-refractivity contribution < 1.29 is 13.2 Å². The summed E-state index contributed by atoms with van der Waals surface area (Å²) >= 11 is 5.17. The summed E-state index contributed by atoms with van der Waals surface area (Å²) < 4.78 is 39.8. The summed E-state index contributed by atoms with van der Waals surface area (Å²) in [6, 6.07) is 4.79. The molecule has 1 aromatic heterocycles. The zero-order chi connectivity index (χ0) is 17.2. The Hall–Kier alpha value is -2.09. The maximum Gasteiger partial charge on any atom is 0.416 e. The Labute approximate surface area is 137 Å². The van der Waals surface area contributed by atoms with Gasteiger partial charge in [0.2, 0.25) is 0 Å². The molecule has 0 aliphatic heterocycles. The molecule has 23 heavy (non-hydrogen) atoms. The largest absolute Gasteiger partial charge is 0.416 e. The summed E-state index contributed by atoms with van der Waals surface area (Å²) in [6.45, 7) is 3.84. The summed E-state index contributed by atoms with van der Waals surface area (Å²) in [5, 5.41) is 10.2. The van der Waals surface area contributed by atoms with Crippen molar-refractivity contribution in [2.24, 2.45) is 7.05 Å². The molecular formula is C15H17F3N4S. The molecule has 0 saturated heterocycles. The Morgan fingerprint density at radius 1 is 1.35 bits per heavy atom. The zero-order valence-electron chi connectivity index (χ0n) is 12.9. The quantitative estimate of drug-likeness (QED) is 0.833. The first-order valence-corrected chi connectivity index (χ1v) is 7.32. The normalized spacial score (nSPS) is 12.8. The average molecular weight is 342 g/mol. The minimum atomic E-state index is -4.38. The highest BCUT2D eigenvalue weighted by atomic mass is 32.1. The van der Waals surface area contributed by atoms with Crippen molar-refractivity contribution in [3.63, 3.8) is 0 Å². The number of hydrogen-bond donors (Lipinski definition) is 2. The highest BCUT2D eigenvalue weighted by molar-refractivity contribution is 7.80. The van der Waals surface area contributed by atoms with Crippen molar-refractivity contribution in [2.75, 3.05) is 5.32 Å². The highest BCUT2D eigenvalue weighted by Gasteiger charge is 2.30. The highest BCUT2D eigenvalue weighted by Crippen LogP contribution is 2.30. The van der Waals surface area contributed by atoms with Gasteiger partial charge in [-0.15, -0.1) is 0 Å². The van der Waals surface area contributed by atoms with E-state index < -0.39 is 11.7 Å². The van der Waals surface area contributed by atoms with E-state index in [9.17, 15) is 13.2 Å². The van der Waals surface area contributed by atoms with Gasteiger partial charge in [-0.05, 0) is 44.3 Å². The minimum absolute atomic E-state index is 0.116. The van der Waals surface area contributed by atoms with Crippen molar-refractivity contribution in [1.29, 1.82) is 0 Å². The lowest BCUT2D eigenvalue weighted by molar-refractivity contribution is -0.137. The molecule has 0 radical (unpaired) electrons. The van der Waals surface area contributed by atoms with Gasteiger partial charge in [-0.3, -0.25) is 4.68 Å². The number of halogens is 3.